The molecule has 2 N–H and O–H groups in total. The highest BCUT2D eigenvalue weighted by Gasteiger charge is 2.25. The summed E-state index contributed by atoms with van der Waals surface area (Å²) in [7, 11) is 1.95. The van der Waals surface area contributed by atoms with Crippen molar-refractivity contribution in [2.45, 2.75) is 18.8 Å². The summed E-state index contributed by atoms with van der Waals surface area (Å²) in [5.41, 5.74) is 7.14. The minimum Gasteiger partial charge on any atom is -0.381 e. The summed E-state index contributed by atoms with van der Waals surface area (Å²) in [6, 6.07) is 0. The standard InChI is InChI=1S/C11H19N3O/c1-14-8-10(7-13-14)11(6-12)9-2-4-15-5-3-9/h7-9,11H,2-6,12H2,1H3/t11-/m1/s1. The summed E-state index contributed by atoms with van der Waals surface area (Å²) in [6.07, 6.45) is 6.26. The first-order valence-electron chi connectivity index (χ1n) is 5.57. The van der Waals surface area contributed by atoms with Crippen LogP contribution in [0.3, 0.4) is 0 Å². The molecule has 1 aliphatic heterocycles. The maximum Gasteiger partial charge on any atom is 0.0525 e. The molecule has 0 aliphatic carbocycles. The van der Waals surface area contributed by atoms with Crippen LogP contribution in [0, 0.1) is 5.92 Å². The summed E-state index contributed by atoms with van der Waals surface area (Å²) in [4.78, 5) is 0. The van der Waals surface area contributed by atoms with Crippen LogP contribution >= 0.6 is 0 Å². The molecule has 2 heterocycles. The highest BCUT2D eigenvalue weighted by molar-refractivity contribution is 5.13. The maximum atomic E-state index is 5.87. The Labute approximate surface area is 90.4 Å². The number of hydrogen-bond acceptors (Lipinski definition) is 3. The number of nitrogens with zero attached hydrogens (tertiary/aromatic N) is 2. The lowest BCUT2D eigenvalue weighted by molar-refractivity contribution is 0.0586. The van der Waals surface area contributed by atoms with E-state index in [0.29, 0.717) is 18.4 Å². The summed E-state index contributed by atoms with van der Waals surface area (Å²) < 4.78 is 7.22. The van der Waals surface area contributed by atoms with Crippen molar-refractivity contribution in [1.29, 1.82) is 0 Å². The van der Waals surface area contributed by atoms with Gasteiger partial charge in [-0.3, -0.25) is 4.68 Å². The van der Waals surface area contributed by atoms with Gasteiger partial charge in [0.25, 0.3) is 0 Å². The maximum absolute atomic E-state index is 5.87. The Balaban J connectivity index is 2.08. The molecular formula is C11H19N3O. The zero-order valence-electron chi connectivity index (χ0n) is 9.22. The molecule has 4 heteroatoms. The molecule has 1 atom stereocenters. The molecule has 1 aromatic rings. The Morgan fingerprint density at radius 3 is 2.87 bits per heavy atom. The smallest absolute Gasteiger partial charge is 0.0525 e. The normalized spacial score (nSPS) is 20.4. The first kappa shape index (κ1) is 10.6. The number of rotatable bonds is 3. The molecule has 0 aromatic carbocycles. The third-order valence-corrected chi connectivity index (χ3v) is 3.24. The molecule has 0 amide bonds. The van der Waals surface area contributed by atoms with Gasteiger partial charge in [-0.1, -0.05) is 0 Å². The third-order valence-electron chi connectivity index (χ3n) is 3.24. The van der Waals surface area contributed by atoms with Gasteiger partial charge < -0.3 is 10.5 Å². The molecule has 84 valence electrons. The van der Waals surface area contributed by atoms with Crippen LogP contribution in [0.2, 0.25) is 0 Å². The van der Waals surface area contributed by atoms with Crippen LogP contribution < -0.4 is 5.73 Å². The summed E-state index contributed by atoms with van der Waals surface area (Å²) in [5.74, 6) is 1.11. The zero-order valence-corrected chi connectivity index (χ0v) is 9.22. The largest absolute Gasteiger partial charge is 0.381 e. The molecule has 0 saturated carbocycles. The molecule has 15 heavy (non-hydrogen) atoms. The molecule has 0 bridgehead atoms. The Kier molecular flexibility index (Phi) is 3.38. The van der Waals surface area contributed by atoms with Gasteiger partial charge >= 0.3 is 0 Å². The van der Waals surface area contributed by atoms with Crippen molar-refractivity contribution in [2.24, 2.45) is 18.7 Å². The molecular weight excluding hydrogens is 190 g/mol. The predicted molar refractivity (Wildman–Crippen MR) is 58.5 cm³/mol. The number of aromatic nitrogens is 2. The van der Waals surface area contributed by atoms with E-state index in [9.17, 15) is 0 Å². The Bertz CT molecular complexity index is 305. The quantitative estimate of drug-likeness (QED) is 0.804. The van der Waals surface area contributed by atoms with E-state index in [1.54, 1.807) is 0 Å². The second-order valence-corrected chi connectivity index (χ2v) is 4.24. The van der Waals surface area contributed by atoms with Crippen LogP contribution in [0.5, 0.6) is 0 Å². The fraction of sp³-hybridized carbons (Fsp3) is 0.727. The summed E-state index contributed by atoms with van der Waals surface area (Å²) in [6.45, 7) is 2.46. The number of hydrogen-bond donors (Lipinski definition) is 1. The number of nitrogens with two attached hydrogens (primary N) is 1. The van der Waals surface area contributed by atoms with Crippen LogP contribution in [-0.2, 0) is 11.8 Å². The van der Waals surface area contributed by atoms with Crippen molar-refractivity contribution >= 4 is 0 Å². The first-order chi connectivity index (χ1) is 7.31. The van der Waals surface area contributed by atoms with E-state index in [-0.39, 0.29) is 0 Å². The van der Waals surface area contributed by atoms with Gasteiger partial charge in [-0.25, -0.2) is 0 Å². The van der Waals surface area contributed by atoms with E-state index in [4.69, 9.17) is 10.5 Å². The second kappa shape index (κ2) is 4.77. The van der Waals surface area contributed by atoms with Gasteiger partial charge in [0.15, 0.2) is 0 Å². The van der Waals surface area contributed by atoms with Crippen molar-refractivity contribution < 1.29 is 4.74 Å². The SMILES string of the molecule is Cn1cc([C@H](CN)C2CCOCC2)cn1. The lowest BCUT2D eigenvalue weighted by Crippen LogP contribution is -2.26. The van der Waals surface area contributed by atoms with Gasteiger partial charge in [-0.15, -0.1) is 0 Å². The van der Waals surface area contributed by atoms with Crippen LogP contribution in [-0.4, -0.2) is 29.5 Å². The van der Waals surface area contributed by atoms with Crippen molar-refractivity contribution in [2.75, 3.05) is 19.8 Å². The van der Waals surface area contributed by atoms with Crippen LogP contribution in [0.25, 0.3) is 0 Å². The Hall–Kier alpha value is -0.870. The fourth-order valence-electron chi connectivity index (χ4n) is 2.35. The van der Waals surface area contributed by atoms with Gasteiger partial charge in [0.2, 0.25) is 0 Å². The van der Waals surface area contributed by atoms with E-state index >= 15 is 0 Å². The second-order valence-electron chi connectivity index (χ2n) is 4.24. The van der Waals surface area contributed by atoms with Crippen LogP contribution in [0.4, 0.5) is 0 Å². The van der Waals surface area contributed by atoms with E-state index in [0.717, 1.165) is 26.1 Å². The van der Waals surface area contributed by atoms with Gasteiger partial charge in [-0.05, 0) is 30.9 Å². The molecule has 1 saturated heterocycles. The fourth-order valence-corrected chi connectivity index (χ4v) is 2.35. The lowest BCUT2D eigenvalue weighted by atomic mass is 9.82. The van der Waals surface area contributed by atoms with Crippen molar-refractivity contribution in [3.8, 4) is 0 Å². The van der Waals surface area contributed by atoms with Gasteiger partial charge in [0.05, 0.1) is 6.20 Å². The summed E-state index contributed by atoms with van der Waals surface area (Å²) >= 11 is 0. The minimum atomic E-state index is 0.447. The highest BCUT2D eigenvalue weighted by Crippen LogP contribution is 2.30. The Morgan fingerprint density at radius 2 is 2.33 bits per heavy atom. The van der Waals surface area contributed by atoms with E-state index in [1.807, 2.05) is 17.9 Å². The van der Waals surface area contributed by atoms with E-state index < -0.39 is 0 Å². The monoisotopic (exact) mass is 209 g/mol. The van der Waals surface area contributed by atoms with Crippen molar-refractivity contribution in [1.82, 2.24) is 9.78 Å². The molecule has 1 aliphatic rings. The van der Waals surface area contributed by atoms with Crippen molar-refractivity contribution in [3.05, 3.63) is 18.0 Å². The van der Waals surface area contributed by atoms with Crippen LogP contribution in [0.1, 0.15) is 24.3 Å². The van der Waals surface area contributed by atoms with Gasteiger partial charge in [0.1, 0.15) is 0 Å². The Morgan fingerprint density at radius 1 is 1.60 bits per heavy atom. The number of aryl methyl sites for hydroxylation is 1. The average molecular weight is 209 g/mol. The number of ether oxygens (including phenoxy) is 1. The first-order valence-corrected chi connectivity index (χ1v) is 5.57. The molecule has 1 aromatic heterocycles. The molecule has 2 rings (SSSR count). The lowest BCUT2D eigenvalue weighted by Gasteiger charge is -2.28. The molecule has 0 spiro atoms. The highest BCUT2D eigenvalue weighted by atomic mass is 16.5. The van der Waals surface area contributed by atoms with E-state index in [1.165, 1.54) is 5.56 Å². The molecule has 0 radical (unpaired) electrons. The van der Waals surface area contributed by atoms with Crippen LogP contribution in [0.15, 0.2) is 12.4 Å². The molecule has 1 fully saturated rings. The molecule has 4 nitrogen and oxygen atoms in total. The third kappa shape index (κ3) is 2.38. The minimum absolute atomic E-state index is 0.447. The topological polar surface area (TPSA) is 53.1 Å². The zero-order chi connectivity index (χ0) is 10.7. The molecule has 0 unspecified atom stereocenters. The van der Waals surface area contributed by atoms with E-state index in [2.05, 4.69) is 11.3 Å². The van der Waals surface area contributed by atoms with Crippen molar-refractivity contribution in [3.63, 3.8) is 0 Å². The van der Waals surface area contributed by atoms with Gasteiger partial charge in [0, 0.05) is 32.4 Å². The average Bonchev–Trinajstić information content (AvgIpc) is 2.68. The predicted octanol–water partition coefficient (Wildman–Crippen LogP) is 0.889. The van der Waals surface area contributed by atoms with Gasteiger partial charge in [-0.2, -0.15) is 5.10 Å². The summed E-state index contributed by atoms with van der Waals surface area (Å²) in [5, 5.41) is 4.21.